The van der Waals surface area contributed by atoms with E-state index in [1.165, 1.54) is 4.90 Å². The highest BCUT2D eigenvalue weighted by Gasteiger charge is 2.54. The van der Waals surface area contributed by atoms with Gasteiger partial charge in [-0.15, -0.1) is 10.2 Å². The molecular formula is C23H23ClF3N7. The minimum absolute atomic E-state index is 0.0809. The molecule has 7 nitrogen and oxygen atoms in total. The van der Waals surface area contributed by atoms with E-state index in [-0.39, 0.29) is 24.4 Å². The van der Waals surface area contributed by atoms with Crippen LogP contribution in [-0.4, -0.2) is 55.4 Å². The molecule has 6 rings (SSSR count). The highest BCUT2D eigenvalue weighted by atomic mass is 35.5. The van der Waals surface area contributed by atoms with Crippen LogP contribution in [-0.2, 0) is 13.1 Å². The Bertz CT molecular complexity index is 1240. The molecule has 0 radical (unpaired) electrons. The second-order valence-corrected chi connectivity index (χ2v) is 10.2. The number of alkyl halides is 3. The zero-order valence-corrected chi connectivity index (χ0v) is 19.3. The van der Waals surface area contributed by atoms with Crippen LogP contribution in [0.25, 0.3) is 5.69 Å². The van der Waals surface area contributed by atoms with Crippen molar-refractivity contribution in [2.24, 2.45) is 5.41 Å². The summed E-state index contributed by atoms with van der Waals surface area (Å²) >= 11 is 6.20. The van der Waals surface area contributed by atoms with Crippen LogP contribution < -0.4 is 4.90 Å². The smallest absolute Gasteiger partial charge is 0.355 e. The lowest BCUT2D eigenvalue weighted by Crippen LogP contribution is -2.62. The number of aromatic nitrogens is 5. The summed E-state index contributed by atoms with van der Waals surface area (Å²) in [6.45, 7) is 2.99. The molecule has 0 amide bonds. The van der Waals surface area contributed by atoms with E-state index in [9.17, 15) is 13.2 Å². The lowest BCUT2D eigenvalue weighted by atomic mass is 9.57. The molecule has 1 spiro atoms. The summed E-state index contributed by atoms with van der Waals surface area (Å²) in [4.78, 5) is 12.3. The summed E-state index contributed by atoms with van der Waals surface area (Å²) in [6, 6.07) is 7.31. The third-order valence-corrected chi connectivity index (χ3v) is 7.30. The molecule has 3 aromatic rings. The quantitative estimate of drug-likeness (QED) is 0.547. The zero-order valence-electron chi connectivity index (χ0n) is 18.6. The van der Waals surface area contributed by atoms with Crippen LogP contribution in [0, 0.1) is 12.3 Å². The molecule has 2 aliphatic heterocycles. The summed E-state index contributed by atoms with van der Waals surface area (Å²) in [5, 5.41) is 9.29. The Morgan fingerprint density at radius 1 is 1.12 bits per heavy atom. The van der Waals surface area contributed by atoms with Gasteiger partial charge >= 0.3 is 6.18 Å². The molecule has 4 heterocycles. The summed E-state index contributed by atoms with van der Waals surface area (Å²) in [6.07, 6.45) is -0.569. The second-order valence-electron chi connectivity index (χ2n) is 9.77. The van der Waals surface area contributed by atoms with Crippen molar-refractivity contribution in [2.45, 2.75) is 44.9 Å². The summed E-state index contributed by atoms with van der Waals surface area (Å²) in [7, 11) is 0. The summed E-state index contributed by atoms with van der Waals surface area (Å²) in [5.74, 6) is 3.29. The maximum absolute atomic E-state index is 13.2. The molecule has 3 aliphatic rings. The molecule has 0 N–H and O–H groups in total. The fraction of sp³-hybridized carbons (Fsp3) is 0.478. The van der Waals surface area contributed by atoms with Crippen LogP contribution in [0.2, 0.25) is 5.02 Å². The van der Waals surface area contributed by atoms with Crippen LogP contribution in [0.5, 0.6) is 0 Å². The van der Waals surface area contributed by atoms with E-state index in [1.54, 1.807) is 18.3 Å². The van der Waals surface area contributed by atoms with Gasteiger partial charge in [0.1, 0.15) is 17.5 Å². The Hall–Kier alpha value is -2.72. The maximum atomic E-state index is 13.2. The van der Waals surface area contributed by atoms with Crippen molar-refractivity contribution in [1.29, 1.82) is 0 Å². The van der Waals surface area contributed by atoms with Gasteiger partial charge in [0.15, 0.2) is 5.82 Å². The van der Waals surface area contributed by atoms with Gasteiger partial charge in [-0.3, -0.25) is 9.47 Å². The Morgan fingerprint density at radius 3 is 2.65 bits per heavy atom. The predicted octanol–water partition coefficient (Wildman–Crippen LogP) is 4.28. The lowest BCUT2D eigenvalue weighted by Gasteiger charge is -2.59. The molecule has 1 aliphatic carbocycles. The molecule has 0 unspecified atom stereocenters. The summed E-state index contributed by atoms with van der Waals surface area (Å²) in [5.41, 5.74) is 1.79. The van der Waals surface area contributed by atoms with Gasteiger partial charge in [0.2, 0.25) is 0 Å². The van der Waals surface area contributed by atoms with E-state index in [0.717, 1.165) is 54.6 Å². The molecular weight excluding hydrogens is 467 g/mol. The first kappa shape index (κ1) is 21.8. The van der Waals surface area contributed by atoms with Crippen molar-refractivity contribution in [3.05, 3.63) is 58.5 Å². The first-order valence-corrected chi connectivity index (χ1v) is 11.6. The molecule has 1 saturated heterocycles. The van der Waals surface area contributed by atoms with Gasteiger partial charge < -0.3 is 4.90 Å². The fourth-order valence-electron chi connectivity index (χ4n) is 5.69. The van der Waals surface area contributed by atoms with Crippen molar-refractivity contribution < 1.29 is 13.2 Å². The van der Waals surface area contributed by atoms with Crippen molar-refractivity contribution in [3.63, 3.8) is 0 Å². The number of fused-ring (bicyclic) bond motifs is 3. The molecule has 2 fully saturated rings. The number of nitrogens with zero attached hydrogens (tertiary/aromatic N) is 7. The van der Waals surface area contributed by atoms with E-state index in [2.05, 4.69) is 25.1 Å². The van der Waals surface area contributed by atoms with Crippen LogP contribution in [0.15, 0.2) is 30.5 Å². The van der Waals surface area contributed by atoms with E-state index in [0.29, 0.717) is 10.8 Å². The van der Waals surface area contributed by atoms with Crippen molar-refractivity contribution in [3.8, 4) is 5.69 Å². The SMILES string of the molecule is Cc1nccc(N2CC3(CC(c4nnc5n4-c4ccc(Cl)cc4CN(CC(F)(F)F)C5)C3)C2)n1. The zero-order chi connectivity index (χ0) is 23.7. The van der Waals surface area contributed by atoms with Gasteiger partial charge in [0.05, 0.1) is 18.8 Å². The van der Waals surface area contributed by atoms with Crippen LogP contribution in [0.1, 0.15) is 41.8 Å². The van der Waals surface area contributed by atoms with Crippen molar-refractivity contribution in [2.75, 3.05) is 24.5 Å². The van der Waals surface area contributed by atoms with Gasteiger partial charge in [0.25, 0.3) is 0 Å². The minimum atomic E-state index is -4.30. The third-order valence-electron chi connectivity index (χ3n) is 7.06. The minimum Gasteiger partial charge on any atom is -0.355 e. The number of anilines is 1. The van der Waals surface area contributed by atoms with E-state index >= 15 is 0 Å². The predicted molar refractivity (Wildman–Crippen MR) is 120 cm³/mol. The Balaban J connectivity index is 1.24. The molecule has 0 atom stereocenters. The second kappa shape index (κ2) is 7.64. The molecule has 0 bridgehead atoms. The van der Waals surface area contributed by atoms with Gasteiger partial charge in [-0.1, -0.05) is 11.6 Å². The monoisotopic (exact) mass is 489 g/mol. The van der Waals surface area contributed by atoms with Gasteiger partial charge in [-0.05, 0) is 49.6 Å². The lowest BCUT2D eigenvalue weighted by molar-refractivity contribution is -0.148. The molecule has 1 saturated carbocycles. The highest BCUT2D eigenvalue weighted by Crippen LogP contribution is 2.56. The number of hydrogen-bond acceptors (Lipinski definition) is 6. The standard InChI is InChI=1S/C23H23ClF3N7/c1-14-28-5-4-19(29-14)33-11-22(12-33)7-16(8-22)21-31-30-20-10-32(13-23(25,26)27)9-15-6-17(24)2-3-18(15)34(20)21/h2-6,16H,7-13H2,1H3. The molecule has 2 aromatic heterocycles. The fourth-order valence-corrected chi connectivity index (χ4v) is 5.89. The maximum Gasteiger partial charge on any atom is 0.401 e. The van der Waals surface area contributed by atoms with Crippen molar-refractivity contribution >= 4 is 17.4 Å². The van der Waals surface area contributed by atoms with E-state index < -0.39 is 12.7 Å². The van der Waals surface area contributed by atoms with Crippen molar-refractivity contribution in [1.82, 2.24) is 29.6 Å². The number of halogens is 4. The first-order valence-electron chi connectivity index (χ1n) is 11.2. The average molecular weight is 490 g/mol. The van der Waals surface area contributed by atoms with Crippen LogP contribution in [0.4, 0.5) is 19.0 Å². The Morgan fingerprint density at radius 2 is 1.91 bits per heavy atom. The molecule has 34 heavy (non-hydrogen) atoms. The number of aryl methyl sites for hydroxylation is 1. The Labute approximate surface area is 199 Å². The average Bonchev–Trinajstić information content (AvgIpc) is 3.01. The van der Waals surface area contributed by atoms with Crippen LogP contribution in [0.3, 0.4) is 0 Å². The normalized spacial score (nSPS) is 19.9. The molecule has 1 aromatic carbocycles. The van der Waals surface area contributed by atoms with Gasteiger partial charge in [-0.2, -0.15) is 13.2 Å². The van der Waals surface area contributed by atoms with E-state index in [4.69, 9.17) is 11.6 Å². The number of hydrogen-bond donors (Lipinski definition) is 0. The first-order chi connectivity index (χ1) is 16.2. The largest absolute Gasteiger partial charge is 0.401 e. The molecule has 178 valence electrons. The number of benzene rings is 1. The molecule has 11 heteroatoms. The van der Waals surface area contributed by atoms with Gasteiger partial charge in [-0.25, -0.2) is 9.97 Å². The van der Waals surface area contributed by atoms with Crippen LogP contribution >= 0.6 is 11.6 Å². The summed E-state index contributed by atoms with van der Waals surface area (Å²) < 4.78 is 41.5. The highest BCUT2D eigenvalue weighted by molar-refractivity contribution is 6.30. The topological polar surface area (TPSA) is 63.0 Å². The third kappa shape index (κ3) is 3.82. The van der Waals surface area contributed by atoms with E-state index in [1.807, 2.05) is 23.6 Å². The Kier molecular flexibility index (Phi) is 4.90. The van der Waals surface area contributed by atoms with Gasteiger partial charge in [0, 0.05) is 42.2 Å². The number of rotatable bonds is 3.